The molecule has 0 saturated carbocycles. The van der Waals surface area contributed by atoms with Crippen molar-refractivity contribution in [3.63, 3.8) is 0 Å². The number of nitrogens with one attached hydrogen (secondary N) is 2. The topological polar surface area (TPSA) is 53.1 Å². The zero-order valence-corrected chi connectivity index (χ0v) is 13.0. The van der Waals surface area contributed by atoms with Gasteiger partial charge in [0.05, 0.1) is 0 Å². The maximum Gasteiger partial charge on any atom is 0.134 e. The molecule has 0 aliphatic carbocycles. The molecule has 1 aromatic rings. The van der Waals surface area contributed by atoms with Crippen LogP contribution in [0.4, 0.5) is 11.6 Å². The first kappa shape index (κ1) is 15.7. The summed E-state index contributed by atoms with van der Waals surface area (Å²) in [5.41, 5.74) is 1.15. The molecule has 0 unspecified atom stereocenters. The normalized spacial score (nSPS) is 11.7. The molecule has 5 nitrogen and oxygen atoms in total. The number of nitrogens with zero attached hydrogens (tertiary/aromatic N) is 3. The molecule has 0 aromatic carbocycles. The van der Waals surface area contributed by atoms with Crippen molar-refractivity contribution in [1.82, 2.24) is 14.9 Å². The molecule has 0 atom stereocenters. The second-order valence-electron chi connectivity index (χ2n) is 5.68. The monoisotopic (exact) mass is 265 g/mol. The van der Waals surface area contributed by atoms with Crippen LogP contribution in [0.2, 0.25) is 0 Å². The second-order valence-corrected chi connectivity index (χ2v) is 5.68. The van der Waals surface area contributed by atoms with E-state index in [4.69, 9.17) is 0 Å². The molecular weight excluding hydrogens is 238 g/mol. The highest BCUT2D eigenvalue weighted by molar-refractivity contribution is 5.56. The van der Waals surface area contributed by atoms with Gasteiger partial charge in [-0.3, -0.25) is 0 Å². The first-order chi connectivity index (χ1) is 8.88. The Bertz CT molecular complexity index is 401. The Morgan fingerprint density at radius 1 is 1.16 bits per heavy atom. The van der Waals surface area contributed by atoms with Gasteiger partial charge in [0, 0.05) is 24.2 Å². The maximum atomic E-state index is 4.33. The molecular formula is C14H27N5. The Morgan fingerprint density at radius 2 is 1.74 bits per heavy atom. The van der Waals surface area contributed by atoms with Crippen LogP contribution in [0.3, 0.4) is 0 Å². The van der Waals surface area contributed by atoms with Gasteiger partial charge in [0.25, 0.3) is 0 Å². The van der Waals surface area contributed by atoms with Crippen LogP contribution in [-0.2, 0) is 0 Å². The average molecular weight is 265 g/mol. The Kier molecular flexibility index (Phi) is 5.54. The molecule has 1 rings (SSSR count). The van der Waals surface area contributed by atoms with E-state index in [1.54, 1.807) is 6.33 Å². The number of anilines is 2. The lowest BCUT2D eigenvalue weighted by Crippen LogP contribution is -2.44. The van der Waals surface area contributed by atoms with Crippen LogP contribution < -0.4 is 10.6 Å². The molecule has 5 heteroatoms. The molecule has 108 valence electrons. The molecule has 0 aliphatic rings. The fourth-order valence-electron chi connectivity index (χ4n) is 1.51. The average Bonchev–Trinajstić information content (AvgIpc) is 2.36. The summed E-state index contributed by atoms with van der Waals surface area (Å²) in [4.78, 5) is 10.8. The van der Waals surface area contributed by atoms with Crippen molar-refractivity contribution in [2.75, 3.05) is 37.8 Å². The first-order valence-electron chi connectivity index (χ1n) is 6.85. The van der Waals surface area contributed by atoms with E-state index in [0.717, 1.165) is 36.7 Å². The third kappa shape index (κ3) is 4.35. The third-order valence-corrected chi connectivity index (χ3v) is 3.53. The van der Waals surface area contributed by atoms with E-state index in [1.165, 1.54) is 0 Å². The minimum Gasteiger partial charge on any atom is -0.370 e. The summed E-state index contributed by atoms with van der Waals surface area (Å²) in [6.45, 7) is 10.4. The van der Waals surface area contributed by atoms with E-state index in [2.05, 4.69) is 60.4 Å². The van der Waals surface area contributed by atoms with Crippen molar-refractivity contribution >= 4 is 11.6 Å². The van der Waals surface area contributed by atoms with Crippen molar-refractivity contribution in [1.29, 1.82) is 0 Å². The standard InChI is InChI=1S/C14H27N5/c1-7-8-15-12-11(2)13(18-10-17-12)16-9-14(3,4)19(5)6/h10H,7-9H2,1-6H3,(H2,15,16,17,18). The van der Waals surface area contributed by atoms with Gasteiger partial charge in [-0.05, 0) is 41.3 Å². The van der Waals surface area contributed by atoms with E-state index < -0.39 is 0 Å². The van der Waals surface area contributed by atoms with Crippen molar-refractivity contribution in [2.24, 2.45) is 0 Å². The van der Waals surface area contributed by atoms with Crippen molar-refractivity contribution in [3.8, 4) is 0 Å². The van der Waals surface area contributed by atoms with Gasteiger partial charge in [0.1, 0.15) is 18.0 Å². The summed E-state index contributed by atoms with van der Waals surface area (Å²) in [5, 5.41) is 6.74. The molecule has 19 heavy (non-hydrogen) atoms. The number of likely N-dealkylation sites (N-methyl/N-ethyl adjacent to an activating group) is 1. The molecule has 0 radical (unpaired) electrons. The van der Waals surface area contributed by atoms with Crippen molar-refractivity contribution < 1.29 is 0 Å². The minimum absolute atomic E-state index is 0.0778. The number of aromatic nitrogens is 2. The van der Waals surface area contributed by atoms with E-state index >= 15 is 0 Å². The van der Waals surface area contributed by atoms with Gasteiger partial charge < -0.3 is 15.5 Å². The SMILES string of the molecule is CCCNc1ncnc(NCC(C)(C)N(C)C)c1C. The minimum atomic E-state index is 0.0778. The van der Waals surface area contributed by atoms with Gasteiger partial charge in [-0.2, -0.15) is 0 Å². The molecule has 0 amide bonds. The fourth-order valence-corrected chi connectivity index (χ4v) is 1.51. The van der Waals surface area contributed by atoms with Crippen molar-refractivity contribution in [2.45, 2.75) is 39.7 Å². The summed E-state index contributed by atoms with van der Waals surface area (Å²) in [7, 11) is 4.17. The van der Waals surface area contributed by atoms with Crippen LogP contribution in [0.15, 0.2) is 6.33 Å². The second kappa shape index (κ2) is 6.70. The Hall–Kier alpha value is -1.36. The Morgan fingerprint density at radius 3 is 2.26 bits per heavy atom. The number of hydrogen-bond donors (Lipinski definition) is 2. The molecule has 0 spiro atoms. The van der Waals surface area contributed by atoms with Gasteiger partial charge >= 0.3 is 0 Å². The van der Waals surface area contributed by atoms with E-state index in [0.29, 0.717) is 0 Å². The van der Waals surface area contributed by atoms with Gasteiger partial charge in [-0.15, -0.1) is 0 Å². The molecule has 0 fully saturated rings. The third-order valence-electron chi connectivity index (χ3n) is 3.53. The largest absolute Gasteiger partial charge is 0.370 e. The van der Waals surface area contributed by atoms with Crippen LogP contribution in [-0.4, -0.2) is 47.6 Å². The number of rotatable bonds is 7. The van der Waals surface area contributed by atoms with Crippen LogP contribution in [0, 0.1) is 6.92 Å². The van der Waals surface area contributed by atoms with Crippen molar-refractivity contribution in [3.05, 3.63) is 11.9 Å². The van der Waals surface area contributed by atoms with E-state index in [9.17, 15) is 0 Å². The fraction of sp³-hybridized carbons (Fsp3) is 0.714. The molecule has 0 saturated heterocycles. The summed E-state index contributed by atoms with van der Waals surface area (Å²) in [5.74, 6) is 1.82. The van der Waals surface area contributed by atoms with Crippen LogP contribution in [0.1, 0.15) is 32.8 Å². The summed E-state index contributed by atoms with van der Waals surface area (Å²) < 4.78 is 0. The lowest BCUT2D eigenvalue weighted by Gasteiger charge is -2.33. The smallest absolute Gasteiger partial charge is 0.134 e. The lowest BCUT2D eigenvalue weighted by molar-refractivity contribution is 0.210. The summed E-state index contributed by atoms with van der Waals surface area (Å²) >= 11 is 0. The highest BCUT2D eigenvalue weighted by Crippen LogP contribution is 2.19. The van der Waals surface area contributed by atoms with Gasteiger partial charge in [0.2, 0.25) is 0 Å². The highest BCUT2D eigenvalue weighted by Gasteiger charge is 2.20. The van der Waals surface area contributed by atoms with E-state index in [-0.39, 0.29) is 5.54 Å². The maximum absolute atomic E-state index is 4.33. The van der Waals surface area contributed by atoms with Crippen LogP contribution >= 0.6 is 0 Å². The molecule has 2 N–H and O–H groups in total. The summed E-state index contributed by atoms with van der Waals surface area (Å²) in [6, 6.07) is 0. The quantitative estimate of drug-likeness (QED) is 0.792. The predicted octanol–water partition coefficient (Wildman–Crippen LogP) is 2.36. The molecule has 0 bridgehead atoms. The Balaban J connectivity index is 2.74. The molecule has 1 heterocycles. The molecule has 1 aromatic heterocycles. The van der Waals surface area contributed by atoms with E-state index in [1.807, 2.05) is 6.92 Å². The first-order valence-corrected chi connectivity index (χ1v) is 6.85. The molecule has 0 aliphatic heterocycles. The predicted molar refractivity (Wildman–Crippen MR) is 81.8 cm³/mol. The van der Waals surface area contributed by atoms with Gasteiger partial charge in [-0.25, -0.2) is 9.97 Å². The zero-order valence-electron chi connectivity index (χ0n) is 13.0. The summed E-state index contributed by atoms with van der Waals surface area (Å²) in [6.07, 6.45) is 2.69. The van der Waals surface area contributed by atoms with Gasteiger partial charge in [0.15, 0.2) is 0 Å². The van der Waals surface area contributed by atoms with Gasteiger partial charge in [-0.1, -0.05) is 6.92 Å². The number of hydrogen-bond acceptors (Lipinski definition) is 5. The Labute approximate surface area is 116 Å². The van der Waals surface area contributed by atoms with Crippen LogP contribution in [0.5, 0.6) is 0 Å². The zero-order chi connectivity index (χ0) is 14.5. The lowest BCUT2D eigenvalue weighted by atomic mass is 10.0. The van der Waals surface area contributed by atoms with Crippen LogP contribution in [0.25, 0.3) is 0 Å². The highest BCUT2D eigenvalue weighted by atomic mass is 15.2.